The Morgan fingerprint density at radius 2 is 2.10 bits per heavy atom. The van der Waals surface area contributed by atoms with E-state index in [-0.39, 0.29) is 22.9 Å². The van der Waals surface area contributed by atoms with E-state index in [0.29, 0.717) is 6.61 Å². The summed E-state index contributed by atoms with van der Waals surface area (Å²) in [5, 5.41) is 10.7. The third kappa shape index (κ3) is 9.13. The molecule has 1 atom stereocenters. The number of hydrogen-bond acceptors (Lipinski definition) is 7. The van der Waals surface area contributed by atoms with Crippen LogP contribution in [0, 0.1) is 0 Å². The number of aliphatic carboxylic acids is 1. The van der Waals surface area contributed by atoms with Gasteiger partial charge in [-0.05, 0) is 31.5 Å². The lowest BCUT2D eigenvalue weighted by atomic mass is 10.0. The number of carboxylic acids is 1. The molecule has 0 aliphatic carbocycles. The van der Waals surface area contributed by atoms with Crippen molar-refractivity contribution < 1.29 is 37.4 Å². The number of rotatable bonds is 5. The number of alkyl halides is 3. The van der Waals surface area contributed by atoms with Crippen LogP contribution >= 0.6 is 11.8 Å². The number of imidazole rings is 1. The number of thioether (sulfide) groups is 1. The molecule has 1 saturated heterocycles. The van der Waals surface area contributed by atoms with Crippen LogP contribution in [0.15, 0.2) is 18.1 Å². The van der Waals surface area contributed by atoms with Gasteiger partial charge in [-0.15, -0.1) is 0 Å². The molecule has 162 valence electrons. The van der Waals surface area contributed by atoms with Crippen LogP contribution in [0.4, 0.5) is 13.2 Å². The third-order valence-electron chi connectivity index (χ3n) is 3.56. The highest BCUT2D eigenvalue weighted by molar-refractivity contribution is 8.14. The Kier molecular flexibility index (Phi) is 9.89. The second kappa shape index (κ2) is 11.6. The van der Waals surface area contributed by atoms with Gasteiger partial charge in [-0.2, -0.15) is 13.2 Å². The van der Waals surface area contributed by atoms with Gasteiger partial charge in [-0.1, -0.05) is 11.8 Å². The molecule has 0 bridgehead atoms. The van der Waals surface area contributed by atoms with E-state index < -0.39 is 12.1 Å². The summed E-state index contributed by atoms with van der Waals surface area (Å²) in [7, 11) is 0. The number of nitrogens with zero attached hydrogens (tertiary/aromatic N) is 2. The van der Waals surface area contributed by atoms with E-state index in [1.807, 2.05) is 6.08 Å². The molecule has 0 aromatic carbocycles. The maximum Gasteiger partial charge on any atom is 0.490 e. The molecule has 1 aromatic heterocycles. The van der Waals surface area contributed by atoms with Crippen molar-refractivity contribution in [3.63, 3.8) is 0 Å². The topological polar surface area (TPSA) is 111 Å². The largest absolute Gasteiger partial charge is 0.490 e. The van der Waals surface area contributed by atoms with Crippen molar-refractivity contribution in [2.24, 2.45) is 0 Å². The van der Waals surface area contributed by atoms with E-state index >= 15 is 0 Å². The molecule has 0 amide bonds. The lowest BCUT2D eigenvalue weighted by molar-refractivity contribution is -0.192. The van der Waals surface area contributed by atoms with Gasteiger partial charge in [0.1, 0.15) is 6.54 Å². The number of carbonyl (C=O) groups is 3. The quantitative estimate of drug-likeness (QED) is 0.674. The number of ether oxygens (including phenoxy) is 1. The monoisotopic (exact) mass is 437 g/mol. The van der Waals surface area contributed by atoms with Gasteiger partial charge in [-0.25, -0.2) is 9.78 Å². The van der Waals surface area contributed by atoms with E-state index in [4.69, 9.17) is 14.6 Å². The molecule has 1 aromatic rings. The first-order valence-corrected chi connectivity index (χ1v) is 9.46. The Bertz CT molecular complexity index is 749. The van der Waals surface area contributed by atoms with Crippen LogP contribution in [-0.4, -0.2) is 62.8 Å². The van der Waals surface area contributed by atoms with Crippen LogP contribution in [0.25, 0.3) is 6.08 Å². The van der Waals surface area contributed by atoms with Crippen LogP contribution in [-0.2, 0) is 25.7 Å². The number of piperidine rings is 1. The van der Waals surface area contributed by atoms with Gasteiger partial charge in [0.05, 0.1) is 24.8 Å². The molecule has 1 aliphatic heterocycles. The summed E-state index contributed by atoms with van der Waals surface area (Å²) in [5.74, 6) is -3.04. The Balaban J connectivity index is 0.000000516. The van der Waals surface area contributed by atoms with Crippen LogP contribution < -0.4 is 5.32 Å². The summed E-state index contributed by atoms with van der Waals surface area (Å²) >= 11 is 1.36. The van der Waals surface area contributed by atoms with Gasteiger partial charge < -0.3 is 19.7 Å². The maximum atomic E-state index is 11.6. The highest BCUT2D eigenvalue weighted by Gasteiger charge is 2.38. The highest BCUT2D eigenvalue weighted by Crippen LogP contribution is 2.27. The van der Waals surface area contributed by atoms with Gasteiger partial charge in [0, 0.05) is 18.7 Å². The zero-order valence-corrected chi connectivity index (χ0v) is 16.7. The number of hydrogen-bond donors (Lipinski definition) is 2. The molecular formula is C17H22F3N3O5S. The molecule has 29 heavy (non-hydrogen) atoms. The second-order valence-electron chi connectivity index (χ2n) is 5.84. The van der Waals surface area contributed by atoms with Crippen molar-refractivity contribution in [3.05, 3.63) is 23.8 Å². The lowest BCUT2D eigenvalue weighted by Crippen LogP contribution is -2.32. The van der Waals surface area contributed by atoms with Gasteiger partial charge >= 0.3 is 18.1 Å². The first kappa shape index (κ1) is 24.7. The Morgan fingerprint density at radius 1 is 1.45 bits per heavy atom. The summed E-state index contributed by atoms with van der Waals surface area (Å²) in [4.78, 5) is 36.0. The van der Waals surface area contributed by atoms with E-state index in [9.17, 15) is 22.8 Å². The lowest BCUT2D eigenvalue weighted by Gasteiger charge is -2.25. The van der Waals surface area contributed by atoms with E-state index in [1.54, 1.807) is 30.9 Å². The number of carbonyl (C=O) groups excluding carboxylic acids is 2. The predicted molar refractivity (Wildman–Crippen MR) is 100 cm³/mol. The first-order chi connectivity index (χ1) is 13.5. The van der Waals surface area contributed by atoms with Crippen LogP contribution in [0.5, 0.6) is 0 Å². The molecule has 2 rings (SSSR count). The Hall–Kier alpha value is -2.34. The normalized spacial score (nSPS) is 18.0. The van der Waals surface area contributed by atoms with Crippen LogP contribution in [0.3, 0.4) is 0 Å². The summed E-state index contributed by atoms with van der Waals surface area (Å²) in [6.45, 7) is 5.54. The number of esters is 1. The number of carboxylic acid groups (broad SMARTS) is 1. The van der Waals surface area contributed by atoms with E-state index in [0.717, 1.165) is 30.8 Å². The van der Waals surface area contributed by atoms with Crippen LogP contribution in [0.1, 0.15) is 26.0 Å². The average molecular weight is 437 g/mol. The third-order valence-corrected chi connectivity index (χ3v) is 4.71. The second-order valence-corrected chi connectivity index (χ2v) is 7.22. The van der Waals surface area contributed by atoms with E-state index in [2.05, 4.69) is 10.3 Å². The molecule has 1 unspecified atom stereocenters. The Morgan fingerprint density at radius 3 is 2.66 bits per heavy atom. The van der Waals surface area contributed by atoms with Crippen molar-refractivity contribution in [2.45, 2.75) is 38.2 Å². The summed E-state index contributed by atoms with van der Waals surface area (Å²) < 4.78 is 38.5. The molecular weight excluding hydrogens is 415 g/mol. The predicted octanol–water partition coefficient (Wildman–Crippen LogP) is 2.10. The number of nitrogens with one attached hydrogen (secondary N) is 1. The zero-order valence-electron chi connectivity index (χ0n) is 15.9. The minimum Gasteiger partial charge on any atom is -0.475 e. The van der Waals surface area contributed by atoms with Crippen molar-refractivity contribution in [3.8, 4) is 0 Å². The SMILES string of the molecule is CCOC(=O)Cn1cncc1C=C1CNCCC1SC(C)=O.O=C(O)C(F)(F)F. The van der Waals surface area contributed by atoms with Gasteiger partial charge in [0.15, 0.2) is 5.12 Å². The van der Waals surface area contributed by atoms with Crippen LogP contribution in [0.2, 0.25) is 0 Å². The van der Waals surface area contributed by atoms with E-state index in [1.165, 1.54) is 11.8 Å². The Labute approximate surface area is 169 Å². The van der Waals surface area contributed by atoms with Gasteiger partial charge in [0.2, 0.25) is 0 Å². The summed E-state index contributed by atoms with van der Waals surface area (Å²) in [6, 6.07) is 0. The maximum absolute atomic E-state index is 11.6. The average Bonchev–Trinajstić information content (AvgIpc) is 3.03. The molecule has 0 saturated carbocycles. The summed E-state index contributed by atoms with van der Waals surface area (Å²) in [5.41, 5.74) is 2.00. The first-order valence-electron chi connectivity index (χ1n) is 8.58. The minimum atomic E-state index is -5.08. The van der Waals surface area contributed by atoms with Crippen molar-refractivity contribution >= 4 is 34.9 Å². The zero-order chi connectivity index (χ0) is 22.0. The molecule has 2 N–H and O–H groups in total. The highest BCUT2D eigenvalue weighted by atomic mass is 32.2. The fourth-order valence-electron chi connectivity index (χ4n) is 2.36. The fourth-order valence-corrected chi connectivity index (χ4v) is 3.30. The van der Waals surface area contributed by atoms with Gasteiger partial charge in [-0.3, -0.25) is 9.59 Å². The molecule has 0 radical (unpaired) electrons. The number of aromatic nitrogens is 2. The smallest absolute Gasteiger partial charge is 0.475 e. The fraction of sp³-hybridized carbons (Fsp3) is 0.529. The number of halogens is 3. The molecule has 1 fully saturated rings. The molecule has 0 spiro atoms. The van der Waals surface area contributed by atoms with Crippen molar-refractivity contribution in [1.29, 1.82) is 0 Å². The van der Waals surface area contributed by atoms with Crippen molar-refractivity contribution in [1.82, 2.24) is 14.9 Å². The molecule has 12 heteroatoms. The van der Waals surface area contributed by atoms with Gasteiger partial charge in [0.25, 0.3) is 0 Å². The summed E-state index contributed by atoms with van der Waals surface area (Å²) in [6.07, 6.45) is 1.18. The molecule has 8 nitrogen and oxygen atoms in total. The molecule has 1 aliphatic rings. The standard InChI is InChI=1S/C15H21N3O3S.C2HF3O2/c1-3-21-15(20)9-18-10-17-8-13(18)6-12-7-16-5-4-14(12)22-11(2)19;3-2(4,5)1(6)7/h6,8,10,14,16H,3-5,7,9H2,1-2H3;(H,6,7). The molecule has 2 heterocycles. The van der Waals surface area contributed by atoms with Crippen molar-refractivity contribution in [2.75, 3.05) is 19.7 Å². The minimum absolute atomic E-state index is 0.123.